The number of nitrogens with one attached hydrogen (secondary N) is 1. The minimum Gasteiger partial charge on any atom is -0.374 e. The maximum absolute atomic E-state index is 8.76. The zero-order valence-electron chi connectivity index (χ0n) is 10.3. The monoisotopic (exact) mass is 229 g/mol. The SMILES string of the molecule is CN(CC1CCCNC1)c1ccc(C#N)cc1. The van der Waals surface area contributed by atoms with Gasteiger partial charge in [0.25, 0.3) is 0 Å². The van der Waals surface area contributed by atoms with Gasteiger partial charge in [-0.1, -0.05) is 0 Å². The maximum Gasteiger partial charge on any atom is 0.0991 e. The lowest BCUT2D eigenvalue weighted by Gasteiger charge is -2.28. The third-order valence-electron chi connectivity index (χ3n) is 3.37. The average Bonchev–Trinajstić information content (AvgIpc) is 2.40. The first-order valence-electron chi connectivity index (χ1n) is 6.21. The van der Waals surface area contributed by atoms with Crippen LogP contribution in [0.2, 0.25) is 0 Å². The Labute approximate surface area is 103 Å². The highest BCUT2D eigenvalue weighted by Crippen LogP contribution is 2.17. The van der Waals surface area contributed by atoms with Gasteiger partial charge in [0.15, 0.2) is 0 Å². The first-order valence-corrected chi connectivity index (χ1v) is 6.21. The molecule has 1 N–H and O–H groups in total. The van der Waals surface area contributed by atoms with Crippen molar-refractivity contribution in [2.75, 3.05) is 31.6 Å². The van der Waals surface area contributed by atoms with E-state index < -0.39 is 0 Å². The molecule has 1 aliphatic rings. The summed E-state index contributed by atoms with van der Waals surface area (Å²) in [6, 6.07) is 9.95. The van der Waals surface area contributed by atoms with E-state index in [4.69, 9.17) is 5.26 Å². The molecule has 1 aromatic rings. The van der Waals surface area contributed by atoms with E-state index in [1.54, 1.807) is 0 Å². The summed E-state index contributed by atoms with van der Waals surface area (Å²) in [5.41, 5.74) is 1.91. The summed E-state index contributed by atoms with van der Waals surface area (Å²) in [4.78, 5) is 2.28. The molecule has 1 unspecified atom stereocenters. The van der Waals surface area contributed by atoms with Gasteiger partial charge >= 0.3 is 0 Å². The van der Waals surface area contributed by atoms with Crippen LogP contribution in [0.25, 0.3) is 0 Å². The van der Waals surface area contributed by atoms with E-state index in [1.165, 1.54) is 18.5 Å². The van der Waals surface area contributed by atoms with Crippen molar-refractivity contribution in [2.45, 2.75) is 12.8 Å². The van der Waals surface area contributed by atoms with Crippen molar-refractivity contribution in [1.82, 2.24) is 5.32 Å². The minimum absolute atomic E-state index is 0.724. The van der Waals surface area contributed by atoms with E-state index in [0.717, 1.165) is 31.1 Å². The fourth-order valence-corrected chi connectivity index (χ4v) is 2.36. The molecule has 1 atom stereocenters. The summed E-state index contributed by atoms with van der Waals surface area (Å²) in [7, 11) is 2.12. The maximum atomic E-state index is 8.76. The summed E-state index contributed by atoms with van der Waals surface area (Å²) in [6.45, 7) is 3.37. The predicted molar refractivity (Wildman–Crippen MR) is 70.0 cm³/mol. The second-order valence-corrected chi connectivity index (χ2v) is 4.75. The molecule has 1 aliphatic heterocycles. The van der Waals surface area contributed by atoms with Crippen LogP contribution in [-0.2, 0) is 0 Å². The first-order chi connectivity index (χ1) is 8.29. The predicted octanol–water partition coefficient (Wildman–Crippen LogP) is 1.99. The molecule has 0 spiro atoms. The van der Waals surface area contributed by atoms with Crippen molar-refractivity contribution < 1.29 is 0 Å². The molecule has 3 nitrogen and oxygen atoms in total. The average molecular weight is 229 g/mol. The molecule has 0 radical (unpaired) electrons. The summed E-state index contributed by atoms with van der Waals surface area (Å²) in [5, 5.41) is 12.2. The van der Waals surface area contributed by atoms with Crippen molar-refractivity contribution >= 4 is 5.69 Å². The fraction of sp³-hybridized carbons (Fsp3) is 0.500. The van der Waals surface area contributed by atoms with Gasteiger partial charge in [0, 0.05) is 19.3 Å². The summed E-state index contributed by atoms with van der Waals surface area (Å²) in [5.74, 6) is 0.740. The first kappa shape index (κ1) is 11.9. The van der Waals surface area contributed by atoms with E-state index in [2.05, 4.69) is 23.3 Å². The number of nitrogens with zero attached hydrogens (tertiary/aromatic N) is 2. The van der Waals surface area contributed by atoms with Crippen LogP contribution in [0, 0.1) is 17.2 Å². The molecule has 1 aromatic carbocycles. The highest BCUT2D eigenvalue weighted by atomic mass is 15.1. The fourth-order valence-electron chi connectivity index (χ4n) is 2.36. The summed E-state index contributed by atoms with van der Waals surface area (Å²) in [6.07, 6.45) is 2.60. The molecule has 3 heteroatoms. The van der Waals surface area contributed by atoms with Crippen LogP contribution in [0.4, 0.5) is 5.69 Å². The Morgan fingerprint density at radius 3 is 2.76 bits per heavy atom. The van der Waals surface area contributed by atoms with Crippen LogP contribution in [0.3, 0.4) is 0 Å². The van der Waals surface area contributed by atoms with Gasteiger partial charge in [-0.25, -0.2) is 0 Å². The molecule has 90 valence electrons. The molecular formula is C14H19N3. The van der Waals surface area contributed by atoms with Gasteiger partial charge in [0.05, 0.1) is 11.6 Å². The van der Waals surface area contributed by atoms with E-state index in [9.17, 15) is 0 Å². The topological polar surface area (TPSA) is 39.1 Å². The molecule has 0 aromatic heterocycles. The molecule has 1 heterocycles. The van der Waals surface area contributed by atoms with Crippen molar-refractivity contribution in [3.8, 4) is 6.07 Å². The van der Waals surface area contributed by atoms with Crippen molar-refractivity contribution in [3.05, 3.63) is 29.8 Å². The molecule has 1 saturated heterocycles. The van der Waals surface area contributed by atoms with Gasteiger partial charge in [0.2, 0.25) is 0 Å². The van der Waals surface area contributed by atoms with Gasteiger partial charge in [-0.15, -0.1) is 0 Å². The number of anilines is 1. The van der Waals surface area contributed by atoms with Crippen LogP contribution < -0.4 is 10.2 Å². The lowest BCUT2D eigenvalue weighted by atomic mass is 9.99. The van der Waals surface area contributed by atoms with E-state index in [-0.39, 0.29) is 0 Å². The molecule has 0 amide bonds. The van der Waals surface area contributed by atoms with E-state index in [0.29, 0.717) is 0 Å². The van der Waals surface area contributed by atoms with Crippen LogP contribution in [0.5, 0.6) is 0 Å². The van der Waals surface area contributed by atoms with Gasteiger partial charge in [-0.2, -0.15) is 5.26 Å². The van der Waals surface area contributed by atoms with E-state index in [1.807, 2.05) is 24.3 Å². The Kier molecular flexibility index (Phi) is 4.00. The summed E-state index contributed by atoms with van der Waals surface area (Å²) < 4.78 is 0. The summed E-state index contributed by atoms with van der Waals surface area (Å²) >= 11 is 0. The molecular weight excluding hydrogens is 210 g/mol. The molecule has 1 fully saturated rings. The van der Waals surface area contributed by atoms with Crippen LogP contribution >= 0.6 is 0 Å². The highest BCUT2D eigenvalue weighted by molar-refractivity contribution is 5.49. The van der Waals surface area contributed by atoms with Crippen molar-refractivity contribution in [3.63, 3.8) is 0 Å². The lowest BCUT2D eigenvalue weighted by Crippen LogP contribution is -2.36. The molecule has 0 aliphatic carbocycles. The largest absolute Gasteiger partial charge is 0.374 e. The Morgan fingerprint density at radius 2 is 2.18 bits per heavy atom. The Morgan fingerprint density at radius 1 is 1.41 bits per heavy atom. The number of hydrogen-bond donors (Lipinski definition) is 1. The highest BCUT2D eigenvalue weighted by Gasteiger charge is 2.15. The quantitative estimate of drug-likeness (QED) is 0.861. The number of nitriles is 1. The van der Waals surface area contributed by atoms with Crippen LogP contribution in [-0.4, -0.2) is 26.7 Å². The van der Waals surface area contributed by atoms with Gasteiger partial charge < -0.3 is 10.2 Å². The molecule has 17 heavy (non-hydrogen) atoms. The van der Waals surface area contributed by atoms with E-state index >= 15 is 0 Å². The number of piperidine rings is 1. The number of hydrogen-bond acceptors (Lipinski definition) is 3. The lowest BCUT2D eigenvalue weighted by molar-refractivity contribution is 0.381. The second kappa shape index (κ2) is 5.70. The van der Waals surface area contributed by atoms with Gasteiger partial charge in [0.1, 0.15) is 0 Å². The third-order valence-corrected chi connectivity index (χ3v) is 3.37. The molecule has 0 saturated carbocycles. The Hall–Kier alpha value is -1.53. The zero-order valence-corrected chi connectivity index (χ0v) is 10.3. The number of rotatable bonds is 3. The van der Waals surface area contributed by atoms with Gasteiger partial charge in [-0.3, -0.25) is 0 Å². The second-order valence-electron chi connectivity index (χ2n) is 4.75. The van der Waals surface area contributed by atoms with Crippen LogP contribution in [0.15, 0.2) is 24.3 Å². The normalized spacial score (nSPS) is 19.6. The molecule has 2 rings (SSSR count). The molecule has 0 bridgehead atoms. The van der Waals surface area contributed by atoms with Crippen molar-refractivity contribution in [2.24, 2.45) is 5.92 Å². The smallest absolute Gasteiger partial charge is 0.0991 e. The van der Waals surface area contributed by atoms with Gasteiger partial charge in [-0.05, 0) is 56.1 Å². The minimum atomic E-state index is 0.724. The zero-order chi connectivity index (χ0) is 12.1. The Balaban J connectivity index is 1.94. The van der Waals surface area contributed by atoms with Crippen LogP contribution in [0.1, 0.15) is 18.4 Å². The standard InChI is InChI=1S/C14H19N3/c1-17(11-13-3-2-8-16-10-13)14-6-4-12(9-15)5-7-14/h4-7,13,16H,2-3,8,10-11H2,1H3. The van der Waals surface area contributed by atoms with Crippen molar-refractivity contribution in [1.29, 1.82) is 5.26 Å². The third kappa shape index (κ3) is 3.21. The number of benzene rings is 1. The Bertz CT molecular complexity index is 385.